The zero-order chi connectivity index (χ0) is 26.5. The standard InChI is InChI=1S/C29H31N5O2S2/c1-2-3-17-37-24-11-9-20(10-12-24)26-22(19-34(32-26)23-7-5-4-6-8-23)18-25-28(36)31-29(38-25)33-15-13-21(14-16-33)27(30)35/h4-12,18-19,21H,2-3,13-17H2,1H3,(H2,30,35)/b25-18-. The lowest BCUT2D eigenvalue weighted by Gasteiger charge is -2.31. The number of amidine groups is 1. The lowest BCUT2D eigenvalue weighted by Crippen LogP contribution is -2.40. The van der Waals surface area contributed by atoms with Gasteiger partial charge in [-0.2, -0.15) is 10.1 Å². The number of likely N-dealkylation sites (tertiary alicyclic amines) is 1. The number of primary amides is 1. The molecule has 5 rings (SSSR count). The van der Waals surface area contributed by atoms with Crippen molar-refractivity contribution in [2.75, 3.05) is 18.8 Å². The molecule has 1 fully saturated rings. The highest BCUT2D eigenvalue weighted by atomic mass is 32.2. The molecule has 3 aromatic rings. The predicted octanol–water partition coefficient (Wildman–Crippen LogP) is 5.60. The number of hydrogen-bond donors (Lipinski definition) is 1. The minimum atomic E-state index is -0.252. The van der Waals surface area contributed by atoms with Gasteiger partial charge < -0.3 is 10.6 Å². The number of aliphatic imine (C=N–C) groups is 1. The highest BCUT2D eigenvalue weighted by Crippen LogP contribution is 2.35. The molecule has 2 amide bonds. The number of aromatic nitrogens is 2. The average molecular weight is 546 g/mol. The molecule has 0 bridgehead atoms. The molecule has 0 aliphatic carbocycles. The van der Waals surface area contributed by atoms with Crippen LogP contribution >= 0.6 is 23.5 Å². The molecule has 1 aromatic heterocycles. The fraction of sp³-hybridized carbons (Fsp3) is 0.310. The van der Waals surface area contributed by atoms with E-state index in [2.05, 4.69) is 41.1 Å². The average Bonchev–Trinajstić information content (AvgIpc) is 3.53. The van der Waals surface area contributed by atoms with Gasteiger partial charge in [0, 0.05) is 41.2 Å². The van der Waals surface area contributed by atoms with E-state index in [4.69, 9.17) is 10.8 Å². The maximum atomic E-state index is 12.9. The molecule has 3 heterocycles. The van der Waals surface area contributed by atoms with Gasteiger partial charge in [-0.15, -0.1) is 11.8 Å². The highest BCUT2D eigenvalue weighted by Gasteiger charge is 2.31. The predicted molar refractivity (Wildman–Crippen MR) is 156 cm³/mol. The van der Waals surface area contributed by atoms with Gasteiger partial charge in [0.25, 0.3) is 5.91 Å². The van der Waals surface area contributed by atoms with E-state index in [0.717, 1.165) is 28.3 Å². The molecule has 0 spiro atoms. The topological polar surface area (TPSA) is 93.6 Å². The molecule has 9 heteroatoms. The summed E-state index contributed by atoms with van der Waals surface area (Å²) in [6.45, 7) is 3.54. The second-order valence-corrected chi connectivity index (χ2v) is 11.6. The third kappa shape index (κ3) is 6.05. The van der Waals surface area contributed by atoms with Crippen molar-refractivity contribution in [3.63, 3.8) is 0 Å². The SMILES string of the molecule is CCCCSc1ccc(-c2nn(-c3ccccc3)cc2/C=C2\SC(N3CCC(C(N)=O)CC3)=NC2=O)cc1. The van der Waals surface area contributed by atoms with Crippen molar-refractivity contribution in [3.05, 3.63) is 71.3 Å². The summed E-state index contributed by atoms with van der Waals surface area (Å²) < 4.78 is 1.85. The lowest BCUT2D eigenvalue weighted by atomic mass is 9.97. The van der Waals surface area contributed by atoms with Gasteiger partial charge in [-0.1, -0.05) is 43.7 Å². The summed E-state index contributed by atoms with van der Waals surface area (Å²) in [7, 11) is 0. The number of carbonyl (C=O) groups is 2. The van der Waals surface area contributed by atoms with Gasteiger partial charge >= 0.3 is 0 Å². The molecule has 0 radical (unpaired) electrons. The van der Waals surface area contributed by atoms with Gasteiger partial charge in [0.2, 0.25) is 5.91 Å². The summed E-state index contributed by atoms with van der Waals surface area (Å²) >= 11 is 3.25. The molecule has 1 saturated heterocycles. The molecule has 2 N–H and O–H groups in total. The smallest absolute Gasteiger partial charge is 0.286 e. The van der Waals surface area contributed by atoms with E-state index in [1.165, 1.54) is 29.5 Å². The molecule has 7 nitrogen and oxygen atoms in total. The lowest BCUT2D eigenvalue weighted by molar-refractivity contribution is -0.123. The second kappa shape index (κ2) is 12.0. The quantitative estimate of drug-likeness (QED) is 0.225. The molecule has 0 unspecified atom stereocenters. The first kappa shape index (κ1) is 26.3. The first-order valence-corrected chi connectivity index (χ1v) is 14.8. The summed E-state index contributed by atoms with van der Waals surface area (Å²) in [6.07, 6.45) is 7.61. The Labute approximate surface area is 231 Å². The van der Waals surface area contributed by atoms with Crippen LogP contribution in [0.1, 0.15) is 38.2 Å². The van der Waals surface area contributed by atoms with Crippen LogP contribution in [0.25, 0.3) is 23.0 Å². The van der Waals surface area contributed by atoms with Crippen LogP contribution in [-0.4, -0.2) is 50.5 Å². The van der Waals surface area contributed by atoms with Crippen LogP contribution in [-0.2, 0) is 9.59 Å². The number of carbonyl (C=O) groups excluding carboxylic acids is 2. The normalized spacial score (nSPS) is 17.3. The van der Waals surface area contributed by atoms with Crippen molar-refractivity contribution in [2.45, 2.75) is 37.5 Å². The van der Waals surface area contributed by atoms with E-state index >= 15 is 0 Å². The fourth-order valence-electron chi connectivity index (χ4n) is 4.50. The van der Waals surface area contributed by atoms with Crippen LogP contribution in [0.3, 0.4) is 0 Å². The van der Waals surface area contributed by atoms with Crippen LogP contribution in [0.2, 0.25) is 0 Å². The summed E-state index contributed by atoms with van der Waals surface area (Å²) in [5.41, 5.74) is 9.09. The Kier molecular flexibility index (Phi) is 8.34. The first-order chi connectivity index (χ1) is 18.5. The highest BCUT2D eigenvalue weighted by molar-refractivity contribution is 8.18. The number of piperidine rings is 1. The number of benzene rings is 2. The fourth-order valence-corrected chi connectivity index (χ4v) is 6.46. The Bertz CT molecular complexity index is 1360. The maximum Gasteiger partial charge on any atom is 0.286 e. The van der Waals surface area contributed by atoms with E-state index in [1.807, 2.05) is 59.0 Å². The van der Waals surface area contributed by atoms with Crippen molar-refractivity contribution < 1.29 is 9.59 Å². The first-order valence-electron chi connectivity index (χ1n) is 13.0. The monoisotopic (exact) mass is 545 g/mol. The summed E-state index contributed by atoms with van der Waals surface area (Å²) in [4.78, 5) is 32.6. The number of rotatable bonds is 8. The number of unbranched alkanes of at least 4 members (excludes halogenated alkanes) is 1. The van der Waals surface area contributed by atoms with Crippen LogP contribution < -0.4 is 5.73 Å². The molecule has 196 valence electrons. The van der Waals surface area contributed by atoms with Crippen LogP contribution in [0, 0.1) is 5.92 Å². The molecule has 2 aliphatic rings. The number of para-hydroxylation sites is 1. The number of hydrogen-bond acceptors (Lipinski definition) is 6. The Morgan fingerprint density at radius 3 is 2.55 bits per heavy atom. The Morgan fingerprint density at radius 2 is 1.87 bits per heavy atom. The molecular formula is C29H31N5O2S2. The van der Waals surface area contributed by atoms with Crippen LogP contribution in [0.4, 0.5) is 0 Å². The maximum absolute atomic E-state index is 12.9. The summed E-state index contributed by atoms with van der Waals surface area (Å²) in [5.74, 6) is 0.505. The number of thioether (sulfide) groups is 2. The zero-order valence-electron chi connectivity index (χ0n) is 21.4. The van der Waals surface area contributed by atoms with E-state index in [1.54, 1.807) is 0 Å². The van der Waals surface area contributed by atoms with E-state index in [9.17, 15) is 9.59 Å². The Morgan fingerprint density at radius 1 is 1.13 bits per heavy atom. The van der Waals surface area contributed by atoms with Gasteiger partial charge in [-0.25, -0.2) is 4.68 Å². The molecular weight excluding hydrogens is 514 g/mol. The van der Waals surface area contributed by atoms with Gasteiger partial charge in [0.1, 0.15) is 0 Å². The van der Waals surface area contributed by atoms with Crippen molar-refractivity contribution in [1.29, 1.82) is 0 Å². The van der Waals surface area contributed by atoms with Crippen molar-refractivity contribution in [1.82, 2.24) is 14.7 Å². The number of nitrogens with zero attached hydrogens (tertiary/aromatic N) is 4. The molecule has 2 aliphatic heterocycles. The van der Waals surface area contributed by atoms with Crippen LogP contribution in [0.5, 0.6) is 0 Å². The number of amides is 2. The van der Waals surface area contributed by atoms with Crippen molar-refractivity contribution in [3.8, 4) is 16.9 Å². The molecule has 38 heavy (non-hydrogen) atoms. The minimum absolute atomic E-state index is 0.105. The minimum Gasteiger partial charge on any atom is -0.369 e. The third-order valence-electron chi connectivity index (χ3n) is 6.72. The van der Waals surface area contributed by atoms with E-state index < -0.39 is 0 Å². The molecule has 0 atom stereocenters. The summed E-state index contributed by atoms with van der Waals surface area (Å²) in [5, 5.41) is 5.60. The van der Waals surface area contributed by atoms with Crippen molar-refractivity contribution >= 4 is 46.6 Å². The van der Waals surface area contributed by atoms with Gasteiger partial charge in [0.05, 0.1) is 16.3 Å². The van der Waals surface area contributed by atoms with E-state index in [-0.39, 0.29) is 17.7 Å². The zero-order valence-corrected chi connectivity index (χ0v) is 23.0. The molecule has 0 saturated carbocycles. The summed E-state index contributed by atoms with van der Waals surface area (Å²) in [6, 6.07) is 18.4. The van der Waals surface area contributed by atoms with Crippen molar-refractivity contribution in [2.24, 2.45) is 16.6 Å². The van der Waals surface area contributed by atoms with E-state index in [0.29, 0.717) is 36.0 Å². The Hall–Kier alpha value is -3.30. The molecule has 2 aromatic carbocycles. The number of nitrogens with two attached hydrogens (primary N) is 1. The second-order valence-electron chi connectivity index (χ2n) is 9.41. The van der Waals surface area contributed by atoms with Crippen LogP contribution in [0.15, 0.2) is 75.6 Å². The van der Waals surface area contributed by atoms with Gasteiger partial charge in [0.15, 0.2) is 5.17 Å². The van der Waals surface area contributed by atoms with Gasteiger partial charge in [-0.3, -0.25) is 9.59 Å². The van der Waals surface area contributed by atoms with Gasteiger partial charge in [-0.05, 0) is 67.1 Å². The third-order valence-corrected chi connectivity index (χ3v) is 8.86. The Balaban J connectivity index is 1.40. The largest absolute Gasteiger partial charge is 0.369 e.